The summed E-state index contributed by atoms with van der Waals surface area (Å²) in [6.07, 6.45) is 1.67. The summed E-state index contributed by atoms with van der Waals surface area (Å²) in [5.41, 5.74) is 2.37. The molecule has 4 aromatic rings. The predicted molar refractivity (Wildman–Crippen MR) is 110 cm³/mol. The Morgan fingerprint density at radius 3 is 2.30 bits per heavy atom. The fourth-order valence-corrected chi connectivity index (χ4v) is 2.73. The molecule has 0 unspecified atom stereocenters. The molecule has 150 valence electrons. The fourth-order valence-electron chi connectivity index (χ4n) is 2.73. The molecule has 0 bridgehead atoms. The molecule has 0 fully saturated rings. The Labute approximate surface area is 171 Å². The van der Waals surface area contributed by atoms with Crippen molar-refractivity contribution in [3.8, 4) is 11.4 Å². The van der Waals surface area contributed by atoms with Crippen molar-refractivity contribution in [2.24, 2.45) is 0 Å². The first-order chi connectivity index (χ1) is 14.6. The minimum Gasteiger partial charge on any atom is -0.326 e. The number of anilines is 2. The number of hydrogen-bond donors (Lipinski definition) is 2. The predicted octanol–water partition coefficient (Wildman–Crippen LogP) is 2.25. The van der Waals surface area contributed by atoms with E-state index in [1.807, 2.05) is 30.3 Å². The lowest BCUT2D eigenvalue weighted by Crippen LogP contribution is -2.16. The van der Waals surface area contributed by atoms with Crippen molar-refractivity contribution in [1.82, 2.24) is 30.0 Å². The van der Waals surface area contributed by atoms with Gasteiger partial charge in [0.2, 0.25) is 11.7 Å². The van der Waals surface area contributed by atoms with E-state index < -0.39 is 0 Å². The summed E-state index contributed by atoms with van der Waals surface area (Å²) in [4.78, 5) is 24.9. The monoisotopic (exact) mass is 402 g/mol. The quantitative estimate of drug-likeness (QED) is 0.510. The number of hydrogen-bond acceptors (Lipinski definition) is 6. The third kappa shape index (κ3) is 4.55. The number of tetrazole rings is 1. The Balaban J connectivity index is 1.38. The van der Waals surface area contributed by atoms with E-state index in [4.69, 9.17) is 0 Å². The number of aromatic nitrogens is 6. The first kappa shape index (κ1) is 19.0. The molecule has 0 spiro atoms. The van der Waals surface area contributed by atoms with Gasteiger partial charge in [-0.15, -0.1) is 15.0 Å². The van der Waals surface area contributed by atoms with Gasteiger partial charge in [0.25, 0.3) is 5.91 Å². The van der Waals surface area contributed by atoms with Crippen LogP contribution >= 0.6 is 0 Å². The zero-order valence-corrected chi connectivity index (χ0v) is 16.1. The van der Waals surface area contributed by atoms with Crippen molar-refractivity contribution in [3.05, 3.63) is 72.6 Å². The standard InChI is InChI=1S/C20H18N8O2/c1-14(29)21-16-7-9-17(10-8-16)22-20(30)18-11-12-27(24-18)13-28-25-19(23-26-28)15-5-3-2-4-6-15/h2-12H,13H2,1H3,(H,21,29)(H,22,30). The van der Waals surface area contributed by atoms with E-state index in [9.17, 15) is 9.59 Å². The van der Waals surface area contributed by atoms with Crippen molar-refractivity contribution in [3.63, 3.8) is 0 Å². The molecular weight excluding hydrogens is 384 g/mol. The maximum atomic E-state index is 12.4. The Morgan fingerprint density at radius 1 is 0.900 bits per heavy atom. The SMILES string of the molecule is CC(=O)Nc1ccc(NC(=O)c2ccn(Cn3nnc(-c4ccccc4)n3)n2)cc1. The summed E-state index contributed by atoms with van der Waals surface area (Å²) in [7, 11) is 0. The van der Waals surface area contributed by atoms with Gasteiger partial charge in [0.15, 0.2) is 12.4 Å². The van der Waals surface area contributed by atoms with E-state index in [0.29, 0.717) is 17.2 Å². The molecule has 0 aliphatic carbocycles. The summed E-state index contributed by atoms with van der Waals surface area (Å²) in [5, 5.41) is 22.1. The summed E-state index contributed by atoms with van der Waals surface area (Å²) < 4.78 is 1.55. The van der Waals surface area contributed by atoms with E-state index in [1.54, 1.807) is 41.2 Å². The third-order valence-electron chi connectivity index (χ3n) is 4.09. The van der Waals surface area contributed by atoms with Crippen LogP contribution in [0.2, 0.25) is 0 Å². The Bertz CT molecular complexity index is 1170. The second-order valence-corrected chi connectivity index (χ2v) is 6.45. The van der Waals surface area contributed by atoms with Crippen LogP contribution in [-0.4, -0.2) is 41.8 Å². The number of nitrogens with one attached hydrogen (secondary N) is 2. The molecule has 2 N–H and O–H groups in total. The molecule has 0 aliphatic rings. The summed E-state index contributed by atoms with van der Waals surface area (Å²) in [6, 6.07) is 17.9. The minimum absolute atomic E-state index is 0.157. The lowest BCUT2D eigenvalue weighted by molar-refractivity contribution is -0.114. The van der Waals surface area contributed by atoms with Crippen LogP contribution in [0.1, 0.15) is 17.4 Å². The van der Waals surface area contributed by atoms with Crippen LogP contribution in [0.5, 0.6) is 0 Å². The zero-order chi connectivity index (χ0) is 20.9. The highest BCUT2D eigenvalue weighted by Gasteiger charge is 2.11. The van der Waals surface area contributed by atoms with Crippen molar-refractivity contribution in [2.45, 2.75) is 13.6 Å². The van der Waals surface area contributed by atoms with Gasteiger partial charge >= 0.3 is 0 Å². The van der Waals surface area contributed by atoms with Gasteiger partial charge in [0.05, 0.1) is 0 Å². The van der Waals surface area contributed by atoms with Crippen molar-refractivity contribution >= 4 is 23.2 Å². The van der Waals surface area contributed by atoms with E-state index >= 15 is 0 Å². The van der Waals surface area contributed by atoms with E-state index in [2.05, 4.69) is 31.1 Å². The summed E-state index contributed by atoms with van der Waals surface area (Å²) >= 11 is 0. The van der Waals surface area contributed by atoms with Gasteiger partial charge in [-0.05, 0) is 35.5 Å². The first-order valence-electron chi connectivity index (χ1n) is 9.12. The number of amides is 2. The molecule has 2 aromatic carbocycles. The Kier molecular flexibility index (Phi) is 5.29. The van der Waals surface area contributed by atoms with Gasteiger partial charge < -0.3 is 10.6 Å². The van der Waals surface area contributed by atoms with Crippen molar-refractivity contribution in [1.29, 1.82) is 0 Å². The molecule has 2 aromatic heterocycles. The molecule has 0 saturated heterocycles. The van der Waals surface area contributed by atoms with Crippen LogP contribution in [0.25, 0.3) is 11.4 Å². The molecule has 0 radical (unpaired) electrons. The van der Waals surface area contributed by atoms with Crippen LogP contribution in [0.3, 0.4) is 0 Å². The number of rotatable bonds is 6. The number of carbonyl (C=O) groups is 2. The maximum absolute atomic E-state index is 12.4. The van der Waals surface area contributed by atoms with E-state index in [1.165, 1.54) is 11.7 Å². The molecule has 0 saturated carbocycles. The highest BCUT2D eigenvalue weighted by atomic mass is 16.2. The number of nitrogens with zero attached hydrogens (tertiary/aromatic N) is 6. The summed E-state index contributed by atoms with van der Waals surface area (Å²) in [6.45, 7) is 1.65. The van der Waals surface area contributed by atoms with Crippen LogP contribution in [0.4, 0.5) is 11.4 Å². The topological polar surface area (TPSA) is 120 Å². The molecule has 10 nitrogen and oxygen atoms in total. The van der Waals surface area contributed by atoms with Crippen LogP contribution in [0.15, 0.2) is 66.9 Å². The molecular formula is C20H18N8O2. The number of benzene rings is 2. The lowest BCUT2D eigenvalue weighted by atomic mass is 10.2. The lowest BCUT2D eigenvalue weighted by Gasteiger charge is -2.05. The highest BCUT2D eigenvalue weighted by molar-refractivity contribution is 6.03. The van der Waals surface area contributed by atoms with Gasteiger partial charge in [0, 0.05) is 30.1 Å². The normalized spacial score (nSPS) is 10.6. The zero-order valence-electron chi connectivity index (χ0n) is 16.1. The summed E-state index contributed by atoms with van der Waals surface area (Å²) in [5.74, 6) is 0.0102. The van der Waals surface area contributed by atoms with Crippen molar-refractivity contribution < 1.29 is 9.59 Å². The van der Waals surface area contributed by atoms with Gasteiger partial charge in [-0.25, -0.2) is 4.68 Å². The maximum Gasteiger partial charge on any atom is 0.276 e. The van der Waals surface area contributed by atoms with Gasteiger partial charge in [-0.2, -0.15) is 5.10 Å². The molecule has 10 heteroatoms. The Morgan fingerprint density at radius 2 is 1.60 bits per heavy atom. The Hall–Kier alpha value is -4.34. The molecule has 30 heavy (non-hydrogen) atoms. The average molecular weight is 402 g/mol. The number of carbonyl (C=O) groups excluding carboxylic acids is 2. The van der Waals surface area contributed by atoms with Crippen molar-refractivity contribution in [2.75, 3.05) is 10.6 Å². The molecule has 2 amide bonds. The molecule has 0 aliphatic heterocycles. The van der Waals surface area contributed by atoms with E-state index in [0.717, 1.165) is 5.56 Å². The molecule has 0 atom stereocenters. The largest absolute Gasteiger partial charge is 0.326 e. The smallest absolute Gasteiger partial charge is 0.276 e. The molecule has 4 rings (SSSR count). The average Bonchev–Trinajstić information content (AvgIpc) is 3.40. The molecule has 2 heterocycles. The van der Waals surface area contributed by atoms with Crippen LogP contribution in [-0.2, 0) is 11.5 Å². The first-order valence-corrected chi connectivity index (χ1v) is 9.12. The fraction of sp³-hybridized carbons (Fsp3) is 0.100. The van der Waals surface area contributed by atoms with Gasteiger partial charge in [-0.3, -0.25) is 9.59 Å². The van der Waals surface area contributed by atoms with Crippen LogP contribution < -0.4 is 10.6 Å². The third-order valence-corrected chi connectivity index (χ3v) is 4.09. The second kappa shape index (κ2) is 8.35. The highest BCUT2D eigenvalue weighted by Crippen LogP contribution is 2.15. The van der Waals surface area contributed by atoms with Gasteiger partial charge in [0.1, 0.15) is 0 Å². The second-order valence-electron chi connectivity index (χ2n) is 6.45. The van der Waals surface area contributed by atoms with E-state index in [-0.39, 0.29) is 24.2 Å². The minimum atomic E-state index is -0.349. The van der Waals surface area contributed by atoms with Gasteiger partial charge in [-0.1, -0.05) is 30.3 Å². The van der Waals surface area contributed by atoms with Crippen LogP contribution in [0, 0.1) is 0 Å².